The molecule has 1 N–H and O–H groups in total. The minimum atomic E-state index is 0.0799. The van der Waals surface area contributed by atoms with Crippen molar-refractivity contribution in [2.75, 3.05) is 20.1 Å². The zero-order valence-electron chi connectivity index (χ0n) is 12.0. The molecule has 20 heavy (non-hydrogen) atoms. The molecule has 1 heterocycles. The maximum absolute atomic E-state index is 12.1. The van der Waals surface area contributed by atoms with Gasteiger partial charge in [-0.1, -0.05) is 23.7 Å². The molecular weight excluding hydrogens is 272 g/mol. The summed E-state index contributed by atoms with van der Waals surface area (Å²) in [4.78, 5) is 14.0. The second-order valence-electron chi connectivity index (χ2n) is 5.23. The Morgan fingerprint density at radius 3 is 2.70 bits per heavy atom. The zero-order chi connectivity index (χ0) is 14.5. The van der Waals surface area contributed by atoms with Crippen molar-refractivity contribution < 1.29 is 4.79 Å². The summed E-state index contributed by atoms with van der Waals surface area (Å²) in [5.41, 5.74) is 2.00. The van der Waals surface area contributed by atoms with Crippen LogP contribution < -0.4 is 5.32 Å². The molecule has 0 saturated carbocycles. The van der Waals surface area contributed by atoms with Gasteiger partial charge in [-0.3, -0.25) is 4.79 Å². The molecule has 0 aromatic heterocycles. The van der Waals surface area contributed by atoms with E-state index in [0.717, 1.165) is 42.1 Å². The number of piperidine rings is 1. The number of halogens is 1. The molecular formula is C16H21ClN2O. The summed E-state index contributed by atoms with van der Waals surface area (Å²) in [6.45, 7) is 3.61. The Bertz CT molecular complexity index is 505. The van der Waals surface area contributed by atoms with E-state index in [2.05, 4.69) is 5.32 Å². The Morgan fingerprint density at radius 1 is 1.40 bits per heavy atom. The van der Waals surface area contributed by atoms with Crippen molar-refractivity contribution >= 4 is 23.6 Å². The Kier molecular flexibility index (Phi) is 5.21. The van der Waals surface area contributed by atoms with E-state index >= 15 is 0 Å². The molecule has 108 valence electrons. The molecule has 1 amide bonds. The largest absolute Gasteiger partial charge is 0.339 e. The average Bonchev–Trinajstić information content (AvgIpc) is 2.48. The highest BCUT2D eigenvalue weighted by Crippen LogP contribution is 2.18. The molecule has 0 bridgehead atoms. The molecule has 4 heteroatoms. The van der Waals surface area contributed by atoms with Gasteiger partial charge in [-0.25, -0.2) is 0 Å². The third-order valence-electron chi connectivity index (χ3n) is 3.83. The van der Waals surface area contributed by atoms with Crippen LogP contribution in [0.4, 0.5) is 0 Å². The number of benzene rings is 1. The summed E-state index contributed by atoms with van der Waals surface area (Å²) in [6.07, 6.45) is 5.51. The monoisotopic (exact) mass is 292 g/mol. The van der Waals surface area contributed by atoms with Crippen LogP contribution in [0, 0.1) is 6.92 Å². The molecule has 1 saturated heterocycles. The van der Waals surface area contributed by atoms with Crippen LogP contribution in [0.1, 0.15) is 24.0 Å². The fourth-order valence-corrected chi connectivity index (χ4v) is 2.56. The maximum Gasteiger partial charge on any atom is 0.246 e. The molecule has 1 aliphatic rings. The molecule has 1 aromatic carbocycles. The Balaban J connectivity index is 1.94. The van der Waals surface area contributed by atoms with E-state index < -0.39 is 0 Å². The van der Waals surface area contributed by atoms with Crippen LogP contribution in [-0.2, 0) is 4.79 Å². The SMILES string of the molecule is CNC1CCN(C(=O)C=Cc2ccc(C)c(Cl)c2)CC1. The Hall–Kier alpha value is -1.32. The van der Waals surface area contributed by atoms with Gasteiger partial charge in [0.25, 0.3) is 0 Å². The molecule has 1 aromatic rings. The van der Waals surface area contributed by atoms with E-state index in [1.54, 1.807) is 6.08 Å². The van der Waals surface area contributed by atoms with Gasteiger partial charge in [0.05, 0.1) is 0 Å². The molecule has 0 unspecified atom stereocenters. The lowest BCUT2D eigenvalue weighted by molar-refractivity contribution is -0.127. The summed E-state index contributed by atoms with van der Waals surface area (Å²) in [7, 11) is 1.98. The number of hydrogen-bond donors (Lipinski definition) is 1. The molecule has 0 spiro atoms. The third-order valence-corrected chi connectivity index (χ3v) is 4.24. The van der Waals surface area contributed by atoms with Crippen LogP contribution in [-0.4, -0.2) is 37.0 Å². The maximum atomic E-state index is 12.1. The van der Waals surface area contributed by atoms with Gasteiger partial charge >= 0.3 is 0 Å². The second-order valence-corrected chi connectivity index (χ2v) is 5.64. The average molecular weight is 293 g/mol. The van der Waals surface area contributed by atoms with Crippen molar-refractivity contribution in [2.24, 2.45) is 0 Å². The molecule has 2 rings (SSSR count). The van der Waals surface area contributed by atoms with Gasteiger partial charge in [0.2, 0.25) is 5.91 Å². The quantitative estimate of drug-likeness (QED) is 0.869. The van der Waals surface area contributed by atoms with Gasteiger partial charge in [-0.05, 0) is 50.1 Å². The topological polar surface area (TPSA) is 32.3 Å². The number of carbonyl (C=O) groups is 1. The number of nitrogens with one attached hydrogen (secondary N) is 1. The molecule has 1 fully saturated rings. The summed E-state index contributed by atoms with van der Waals surface area (Å²) in [5.74, 6) is 0.0799. The lowest BCUT2D eigenvalue weighted by Crippen LogP contribution is -2.43. The van der Waals surface area contributed by atoms with E-state index in [1.807, 2.05) is 43.1 Å². The predicted octanol–water partition coefficient (Wildman–Crippen LogP) is 2.87. The van der Waals surface area contributed by atoms with Crippen molar-refractivity contribution in [1.29, 1.82) is 0 Å². The van der Waals surface area contributed by atoms with Gasteiger partial charge in [0.1, 0.15) is 0 Å². The molecule has 0 radical (unpaired) electrons. The standard InChI is InChI=1S/C16H21ClN2O/c1-12-3-4-13(11-15(12)17)5-6-16(20)19-9-7-14(18-2)8-10-19/h3-6,11,14,18H,7-10H2,1-2H3. The number of aryl methyl sites for hydroxylation is 1. The van der Waals surface area contributed by atoms with Crippen LogP contribution >= 0.6 is 11.6 Å². The van der Waals surface area contributed by atoms with Crippen LogP contribution in [0.2, 0.25) is 5.02 Å². The lowest BCUT2D eigenvalue weighted by atomic mass is 10.1. The van der Waals surface area contributed by atoms with E-state index in [0.29, 0.717) is 6.04 Å². The van der Waals surface area contributed by atoms with E-state index in [1.165, 1.54) is 0 Å². The van der Waals surface area contributed by atoms with E-state index in [9.17, 15) is 4.79 Å². The third kappa shape index (κ3) is 3.84. The summed E-state index contributed by atoms with van der Waals surface area (Å²) >= 11 is 6.07. The highest BCUT2D eigenvalue weighted by Gasteiger charge is 2.19. The molecule has 0 aliphatic carbocycles. The number of likely N-dealkylation sites (tertiary alicyclic amines) is 1. The molecule has 1 aliphatic heterocycles. The Morgan fingerprint density at radius 2 is 2.10 bits per heavy atom. The van der Waals surface area contributed by atoms with E-state index in [4.69, 9.17) is 11.6 Å². The first-order chi connectivity index (χ1) is 9.60. The first-order valence-corrected chi connectivity index (χ1v) is 7.38. The molecule has 3 nitrogen and oxygen atoms in total. The fourth-order valence-electron chi connectivity index (χ4n) is 2.37. The Labute approximate surface area is 125 Å². The van der Waals surface area contributed by atoms with Gasteiger partial charge < -0.3 is 10.2 Å². The summed E-state index contributed by atoms with van der Waals surface area (Å²) in [5, 5.41) is 3.99. The fraction of sp³-hybridized carbons (Fsp3) is 0.438. The van der Waals surface area contributed by atoms with Crippen LogP contribution in [0.15, 0.2) is 24.3 Å². The first-order valence-electron chi connectivity index (χ1n) is 7.00. The second kappa shape index (κ2) is 6.91. The molecule has 0 atom stereocenters. The number of amides is 1. The normalized spacial score (nSPS) is 16.9. The lowest BCUT2D eigenvalue weighted by Gasteiger charge is -2.31. The minimum absolute atomic E-state index is 0.0799. The zero-order valence-corrected chi connectivity index (χ0v) is 12.8. The van der Waals surface area contributed by atoms with Gasteiger partial charge in [-0.15, -0.1) is 0 Å². The minimum Gasteiger partial charge on any atom is -0.339 e. The van der Waals surface area contributed by atoms with Crippen LogP contribution in [0.5, 0.6) is 0 Å². The number of nitrogens with zero attached hydrogens (tertiary/aromatic N) is 1. The summed E-state index contributed by atoms with van der Waals surface area (Å²) in [6, 6.07) is 6.36. The highest BCUT2D eigenvalue weighted by molar-refractivity contribution is 6.31. The van der Waals surface area contributed by atoms with Crippen LogP contribution in [0.3, 0.4) is 0 Å². The smallest absolute Gasteiger partial charge is 0.246 e. The van der Waals surface area contributed by atoms with Crippen LogP contribution in [0.25, 0.3) is 6.08 Å². The van der Waals surface area contributed by atoms with Crippen molar-refractivity contribution in [3.05, 3.63) is 40.4 Å². The highest BCUT2D eigenvalue weighted by atomic mass is 35.5. The predicted molar refractivity (Wildman–Crippen MR) is 83.9 cm³/mol. The van der Waals surface area contributed by atoms with Crippen molar-refractivity contribution in [1.82, 2.24) is 10.2 Å². The van der Waals surface area contributed by atoms with Gasteiger partial charge in [0.15, 0.2) is 0 Å². The number of rotatable bonds is 3. The summed E-state index contributed by atoms with van der Waals surface area (Å²) < 4.78 is 0. The van der Waals surface area contributed by atoms with Crippen molar-refractivity contribution in [3.63, 3.8) is 0 Å². The van der Waals surface area contributed by atoms with E-state index in [-0.39, 0.29) is 5.91 Å². The number of carbonyl (C=O) groups excluding carboxylic acids is 1. The first kappa shape index (κ1) is 15.1. The van der Waals surface area contributed by atoms with Crippen molar-refractivity contribution in [3.8, 4) is 0 Å². The van der Waals surface area contributed by atoms with Gasteiger partial charge in [0, 0.05) is 30.2 Å². The number of hydrogen-bond acceptors (Lipinski definition) is 2. The van der Waals surface area contributed by atoms with Gasteiger partial charge in [-0.2, -0.15) is 0 Å². The van der Waals surface area contributed by atoms with Crippen molar-refractivity contribution in [2.45, 2.75) is 25.8 Å².